The Morgan fingerprint density at radius 3 is 2.69 bits per heavy atom. The number of carbonyl (C=O) groups excluding carboxylic acids is 1. The monoisotopic (exact) mass is 411 g/mol. The number of hydrogen-bond acceptors (Lipinski definition) is 6. The Morgan fingerprint density at radius 2 is 1.97 bits per heavy atom. The van der Waals surface area contributed by atoms with Crippen molar-refractivity contribution in [1.82, 2.24) is 20.2 Å². The van der Waals surface area contributed by atoms with E-state index < -0.39 is 0 Å². The van der Waals surface area contributed by atoms with Gasteiger partial charge in [0.25, 0.3) is 0 Å². The molecule has 8 heteroatoms. The maximum Gasteiger partial charge on any atom is 0.233 e. The molecule has 3 aromatic rings. The first kappa shape index (κ1) is 20.7. The third kappa shape index (κ3) is 5.51. The van der Waals surface area contributed by atoms with Crippen molar-refractivity contribution in [2.75, 3.05) is 5.84 Å². The van der Waals surface area contributed by atoms with Crippen molar-refractivity contribution < 1.29 is 9.53 Å². The third-order valence-electron chi connectivity index (χ3n) is 4.38. The Morgan fingerprint density at radius 1 is 1.21 bits per heavy atom. The maximum atomic E-state index is 12.4. The lowest BCUT2D eigenvalue weighted by Gasteiger charge is -2.12. The van der Waals surface area contributed by atoms with E-state index in [9.17, 15) is 4.79 Å². The second-order valence-corrected chi connectivity index (χ2v) is 8.10. The average molecular weight is 412 g/mol. The molecule has 0 bridgehead atoms. The van der Waals surface area contributed by atoms with Gasteiger partial charge in [0.15, 0.2) is 5.82 Å². The smallest absolute Gasteiger partial charge is 0.233 e. The number of nitrogens with zero attached hydrogens (tertiary/aromatic N) is 3. The van der Waals surface area contributed by atoms with Gasteiger partial charge >= 0.3 is 0 Å². The number of thioether (sulfide) groups is 1. The zero-order valence-corrected chi connectivity index (χ0v) is 17.6. The van der Waals surface area contributed by atoms with Gasteiger partial charge in [0.05, 0.1) is 5.25 Å². The summed E-state index contributed by atoms with van der Waals surface area (Å²) < 4.78 is 7.19. The van der Waals surface area contributed by atoms with Gasteiger partial charge in [0, 0.05) is 6.54 Å². The number of rotatable bonds is 8. The van der Waals surface area contributed by atoms with Gasteiger partial charge in [-0.2, -0.15) is 0 Å². The fourth-order valence-electron chi connectivity index (χ4n) is 2.73. The van der Waals surface area contributed by atoms with Crippen LogP contribution in [0.1, 0.15) is 29.4 Å². The molecule has 0 saturated carbocycles. The van der Waals surface area contributed by atoms with Gasteiger partial charge in [-0.15, -0.1) is 10.2 Å². The SMILES string of the molecule is Cc1ccc(OCc2nnc(SC(C)C(=O)NCc3ccccc3)n2N)c(C)c1. The van der Waals surface area contributed by atoms with Gasteiger partial charge in [-0.1, -0.05) is 59.8 Å². The standard InChI is InChI=1S/C21H25N5O2S/c1-14-9-10-18(15(2)11-14)28-13-19-24-25-21(26(19)22)29-16(3)20(27)23-12-17-7-5-4-6-8-17/h4-11,16H,12-13,22H2,1-3H3,(H,23,27). The van der Waals surface area contributed by atoms with E-state index in [2.05, 4.69) is 21.6 Å². The summed E-state index contributed by atoms with van der Waals surface area (Å²) in [6, 6.07) is 15.7. The van der Waals surface area contributed by atoms with Crippen LogP contribution in [0.2, 0.25) is 0 Å². The molecule has 1 heterocycles. The number of aromatic nitrogens is 3. The quantitative estimate of drug-likeness (QED) is 0.437. The summed E-state index contributed by atoms with van der Waals surface area (Å²) in [7, 11) is 0. The number of carbonyl (C=O) groups is 1. The van der Waals surface area contributed by atoms with E-state index in [0.717, 1.165) is 16.9 Å². The average Bonchev–Trinajstić information content (AvgIpc) is 3.05. The van der Waals surface area contributed by atoms with E-state index in [1.165, 1.54) is 22.0 Å². The molecule has 7 nitrogen and oxygen atoms in total. The molecule has 0 fully saturated rings. The third-order valence-corrected chi connectivity index (χ3v) is 5.44. The number of ether oxygens (including phenoxy) is 1. The number of nitrogens with two attached hydrogens (primary N) is 1. The van der Waals surface area contributed by atoms with Crippen LogP contribution in [0.5, 0.6) is 5.75 Å². The van der Waals surface area contributed by atoms with Crippen LogP contribution < -0.4 is 15.9 Å². The Labute approximate surface area is 174 Å². The van der Waals surface area contributed by atoms with Crippen LogP contribution >= 0.6 is 11.8 Å². The molecule has 29 heavy (non-hydrogen) atoms. The van der Waals surface area contributed by atoms with E-state index >= 15 is 0 Å². The second kappa shape index (κ2) is 9.47. The fourth-order valence-corrected chi connectivity index (χ4v) is 3.54. The first-order chi connectivity index (χ1) is 13.9. The predicted molar refractivity (Wildman–Crippen MR) is 114 cm³/mol. The number of nitrogen functional groups attached to an aromatic ring is 1. The topological polar surface area (TPSA) is 95.1 Å². The van der Waals surface area contributed by atoms with Crippen molar-refractivity contribution in [3.63, 3.8) is 0 Å². The minimum Gasteiger partial charge on any atom is -0.485 e. The highest BCUT2D eigenvalue weighted by Gasteiger charge is 2.19. The van der Waals surface area contributed by atoms with Crippen molar-refractivity contribution in [2.45, 2.75) is 44.3 Å². The van der Waals surface area contributed by atoms with E-state index in [4.69, 9.17) is 10.6 Å². The second-order valence-electron chi connectivity index (χ2n) is 6.79. The van der Waals surface area contributed by atoms with Gasteiger partial charge in [-0.25, -0.2) is 4.68 Å². The van der Waals surface area contributed by atoms with Crippen molar-refractivity contribution in [2.24, 2.45) is 0 Å². The maximum absolute atomic E-state index is 12.4. The summed E-state index contributed by atoms with van der Waals surface area (Å²) in [5.41, 5.74) is 3.27. The zero-order valence-electron chi connectivity index (χ0n) is 16.8. The van der Waals surface area contributed by atoms with Crippen LogP contribution in [-0.2, 0) is 17.9 Å². The molecule has 152 valence electrons. The van der Waals surface area contributed by atoms with Crippen LogP contribution in [0.15, 0.2) is 53.7 Å². The normalized spacial score (nSPS) is 11.8. The lowest BCUT2D eigenvalue weighted by atomic mass is 10.1. The largest absolute Gasteiger partial charge is 0.485 e. The summed E-state index contributed by atoms with van der Waals surface area (Å²) in [6.07, 6.45) is 0. The number of nitrogens with one attached hydrogen (secondary N) is 1. The Bertz CT molecular complexity index is 974. The van der Waals surface area contributed by atoms with Crippen LogP contribution in [0.25, 0.3) is 0 Å². The van der Waals surface area contributed by atoms with Crippen molar-refractivity contribution in [1.29, 1.82) is 0 Å². The lowest BCUT2D eigenvalue weighted by Crippen LogP contribution is -2.31. The Hall–Kier alpha value is -3.00. The first-order valence-electron chi connectivity index (χ1n) is 9.31. The van der Waals surface area contributed by atoms with E-state index in [-0.39, 0.29) is 17.8 Å². The Kier molecular flexibility index (Phi) is 6.77. The van der Waals surface area contributed by atoms with Gasteiger partial charge in [-0.05, 0) is 38.0 Å². The number of amides is 1. The van der Waals surface area contributed by atoms with Crippen LogP contribution in [0.4, 0.5) is 0 Å². The van der Waals surface area contributed by atoms with Gasteiger partial charge in [0.1, 0.15) is 12.4 Å². The molecule has 1 aromatic heterocycles. The van der Waals surface area contributed by atoms with Gasteiger partial charge in [-0.3, -0.25) is 4.79 Å². The molecule has 3 rings (SSSR count). The first-order valence-corrected chi connectivity index (χ1v) is 10.2. The summed E-state index contributed by atoms with van der Waals surface area (Å²) in [4.78, 5) is 12.4. The molecule has 1 unspecified atom stereocenters. The van der Waals surface area contributed by atoms with Crippen molar-refractivity contribution in [3.05, 3.63) is 71.0 Å². The van der Waals surface area contributed by atoms with Gasteiger partial charge in [0.2, 0.25) is 11.1 Å². The van der Waals surface area contributed by atoms with Crippen LogP contribution in [0.3, 0.4) is 0 Å². The highest BCUT2D eigenvalue weighted by atomic mass is 32.2. The lowest BCUT2D eigenvalue weighted by molar-refractivity contribution is -0.120. The van der Waals surface area contributed by atoms with E-state index in [0.29, 0.717) is 17.5 Å². The van der Waals surface area contributed by atoms with E-state index in [1.54, 1.807) is 0 Å². The highest BCUT2D eigenvalue weighted by Crippen LogP contribution is 2.23. The van der Waals surface area contributed by atoms with Crippen molar-refractivity contribution >= 4 is 17.7 Å². The molecule has 2 aromatic carbocycles. The highest BCUT2D eigenvalue weighted by molar-refractivity contribution is 8.00. The zero-order chi connectivity index (χ0) is 20.8. The van der Waals surface area contributed by atoms with Crippen LogP contribution in [-0.4, -0.2) is 26.0 Å². The molecule has 0 spiro atoms. The molecule has 0 saturated heterocycles. The van der Waals surface area contributed by atoms with E-state index in [1.807, 2.05) is 63.2 Å². The number of hydrogen-bond donors (Lipinski definition) is 2. The molecule has 0 radical (unpaired) electrons. The minimum atomic E-state index is -0.363. The summed E-state index contributed by atoms with van der Waals surface area (Å²) in [5.74, 6) is 7.28. The predicted octanol–water partition coefficient (Wildman–Crippen LogP) is 2.98. The van der Waals surface area contributed by atoms with Crippen molar-refractivity contribution in [3.8, 4) is 5.75 Å². The fraction of sp³-hybridized carbons (Fsp3) is 0.286. The molecule has 1 atom stereocenters. The molecular formula is C21H25N5O2S. The molecule has 1 amide bonds. The summed E-state index contributed by atoms with van der Waals surface area (Å²) in [6.45, 7) is 6.52. The number of benzene rings is 2. The summed E-state index contributed by atoms with van der Waals surface area (Å²) >= 11 is 1.26. The van der Waals surface area contributed by atoms with Crippen LogP contribution in [0, 0.1) is 13.8 Å². The molecule has 0 aliphatic rings. The molecular weight excluding hydrogens is 386 g/mol. The Balaban J connectivity index is 1.55. The molecule has 3 N–H and O–H groups in total. The number of aryl methyl sites for hydroxylation is 2. The molecule has 0 aliphatic carbocycles. The van der Waals surface area contributed by atoms with Gasteiger partial charge < -0.3 is 15.9 Å². The minimum absolute atomic E-state index is 0.0880. The molecule has 0 aliphatic heterocycles. The summed E-state index contributed by atoms with van der Waals surface area (Å²) in [5, 5.41) is 11.2.